The maximum atomic E-state index is 13.0. The minimum atomic E-state index is 0.0196. The van der Waals surface area contributed by atoms with Gasteiger partial charge in [-0.1, -0.05) is 18.5 Å². The molecule has 0 aromatic heterocycles. The van der Waals surface area contributed by atoms with Crippen molar-refractivity contribution in [2.45, 2.75) is 33.2 Å². The number of fused-ring (bicyclic) bond motifs is 1. The van der Waals surface area contributed by atoms with E-state index >= 15 is 0 Å². The third kappa shape index (κ3) is 3.06. The smallest absolute Gasteiger partial charge is 0.258 e. The molecule has 3 nitrogen and oxygen atoms in total. The maximum absolute atomic E-state index is 13.0. The van der Waals surface area contributed by atoms with Gasteiger partial charge in [-0.3, -0.25) is 4.79 Å². The van der Waals surface area contributed by atoms with E-state index in [0.717, 1.165) is 17.8 Å². The van der Waals surface area contributed by atoms with E-state index in [4.69, 9.17) is 11.6 Å². The Morgan fingerprint density at radius 3 is 2.52 bits per heavy atom. The Hall–Kier alpha value is -2.00. The number of amides is 1. The number of hydrogen-bond donors (Lipinski definition) is 1. The molecule has 0 spiro atoms. The highest BCUT2D eigenvalue weighted by Crippen LogP contribution is 2.35. The Balaban J connectivity index is 2.03. The summed E-state index contributed by atoms with van der Waals surface area (Å²) in [5.41, 5.74) is 5.07. The van der Waals surface area contributed by atoms with Crippen LogP contribution in [0.1, 0.15) is 34.8 Å². The molecule has 0 fully saturated rings. The molecule has 1 amide bonds. The van der Waals surface area contributed by atoms with Gasteiger partial charge < -0.3 is 10.2 Å². The van der Waals surface area contributed by atoms with Crippen LogP contribution in [0.5, 0.6) is 0 Å². The van der Waals surface area contributed by atoms with Gasteiger partial charge in [-0.15, -0.1) is 0 Å². The highest BCUT2D eigenvalue weighted by Gasteiger charge is 2.28. The number of hydrogen-bond acceptors (Lipinski definition) is 2. The molecule has 23 heavy (non-hydrogen) atoms. The van der Waals surface area contributed by atoms with Crippen molar-refractivity contribution in [1.82, 2.24) is 0 Å². The van der Waals surface area contributed by atoms with Crippen LogP contribution in [0.3, 0.4) is 0 Å². The Morgan fingerprint density at radius 1 is 1.22 bits per heavy atom. The quantitative estimate of drug-likeness (QED) is 0.858. The fraction of sp³-hybridized carbons (Fsp3) is 0.316. The summed E-state index contributed by atoms with van der Waals surface area (Å²) in [5.74, 6) is 0.0196. The number of carbonyl (C=O) groups excluding carboxylic acids is 1. The van der Waals surface area contributed by atoms with Crippen LogP contribution in [-0.2, 0) is 0 Å². The predicted molar refractivity (Wildman–Crippen MR) is 96.7 cm³/mol. The van der Waals surface area contributed by atoms with Crippen LogP contribution in [0.15, 0.2) is 36.4 Å². The molecule has 0 bridgehead atoms. The van der Waals surface area contributed by atoms with Crippen molar-refractivity contribution in [3.05, 3.63) is 58.1 Å². The number of carbonyl (C=O) groups is 1. The predicted octanol–water partition coefficient (Wildman–Crippen LogP) is 4.81. The molecule has 0 saturated heterocycles. The van der Waals surface area contributed by atoms with E-state index in [1.54, 1.807) is 24.3 Å². The fourth-order valence-corrected chi connectivity index (χ4v) is 3.02. The largest absolute Gasteiger partial charge is 0.379 e. The van der Waals surface area contributed by atoms with Crippen LogP contribution in [0, 0.1) is 13.8 Å². The van der Waals surface area contributed by atoms with Crippen molar-refractivity contribution in [3.63, 3.8) is 0 Å². The van der Waals surface area contributed by atoms with E-state index in [0.29, 0.717) is 17.1 Å². The molecule has 1 N–H and O–H groups in total. The standard InChI is InChI=1S/C19H21ClN2O/c1-4-16-11-22(19(23)14-5-7-15(20)8-6-14)18-10-13(3)12(2)9-17(18)21-16/h5-10,16,21H,4,11H2,1-3H3. The van der Waals surface area contributed by atoms with Gasteiger partial charge in [0, 0.05) is 23.2 Å². The lowest BCUT2D eigenvalue weighted by Gasteiger charge is -2.36. The minimum absolute atomic E-state index is 0.0196. The number of benzene rings is 2. The van der Waals surface area contributed by atoms with Crippen molar-refractivity contribution < 1.29 is 4.79 Å². The molecule has 1 aliphatic heterocycles. The first-order chi connectivity index (χ1) is 11.0. The Morgan fingerprint density at radius 2 is 1.87 bits per heavy atom. The highest BCUT2D eigenvalue weighted by atomic mass is 35.5. The lowest BCUT2D eigenvalue weighted by atomic mass is 10.0. The molecule has 1 heterocycles. The van der Waals surface area contributed by atoms with Crippen LogP contribution in [0.2, 0.25) is 5.02 Å². The Labute approximate surface area is 142 Å². The molecular formula is C19H21ClN2O. The summed E-state index contributed by atoms with van der Waals surface area (Å²) >= 11 is 5.93. The van der Waals surface area contributed by atoms with Gasteiger partial charge in [0.15, 0.2) is 0 Å². The summed E-state index contributed by atoms with van der Waals surface area (Å²) in [6.07, 6.45) is 0.969. The summed E-state index contributed by atoms with van der Waals surface area (Å²) < 4.78 is 0. The SMILES string of the molecule is CCC1CN(C(=O)c2ccc(Cl)cc2)c2cc(C)c(C)cc2N1. The summed E-state index contributed by atoms with van der Waals surface area (Å²) in [5, 5.41) is 4.18. The summed E-state index contributed by atoms with van der Waals surface area (Å²) in [7, 11) is 0. The third-order valence-corrected chi connectivity index (χ3v) is 4.75. The molecule has 4 heteroatoms. The highest BCUT2D eigenvalue weighted by molar-refractivity contribution is 6.30. The Bertz CT molecular complexity index is 740. The van der Waals surface area contributed by atoms with Crippen LogP contribution in [0.25, 0.3) is 0 Å². The maximum Gasteiger partial charge on any atom is 0.258 e. The monoisotopic (exact) mass is 328 g/mol. The number of anilines is 2. The first-order valence-corrected chi connectivity index (χ1v) is 8.32. The first kappa shape index (κ1) is 15.9. The second-order valence-electron chi connectivity index (χ2n) is 6.13. The van der Waals surface area contributed by atoms with Crippen LogP contribution < -0.4 is 10.2 Å². The second kappa shape index (κ2) is 6.25. The van der Waals surface area contributed by atoms with Crippen molar-refractivity contribution in [2.75, 3.05) is 16.8 Å². The zero-order chi connectivity index (χ0) is 16.6. The number of nitrogens with one attached hydrogen (secondary N) is 1. The molecule has 2 aromatic rings. The van der Waals surface area contributed by atoms with Gasteiger partial charge in [0.05, 0.1) is 11.4 Å². The van der Waals surface area contributed by atoms with Crippen LogP contribution in [0.4, 0.5) is 11.4 Å². The van der Waals surface area contributed by atoms with Gasteiger partial charge in [-0.2, -0.15) is 0 Å². The molecule has 0 radical (unpaired) electrons. The minimum Gasteiger partial charge on any atom is -0.379 e. The second-order valence-corrected chi connectivity index (χ2v) is 6.56. The first-order valence-electron chi connectivity index (χ1n) is 7.94. The molecule has 0 saturated carbocycles. The van der Waals surface area contributed by atoms with E-state index in [2.05, 4.69) is 38.2 Å². The van der Waals surface area contributed by atoms with Crippen molar-refractivity contribution in [2.24, 2.45) is 0 Å². The molecular weight excluding hydrogens is 308 g/mol. The Kier molecular flexibility index (Phi) is 4.31. The normalized spacial score (nSPS) is 16.7. The summed E-state index contributed by atoms with van der Waals surface area (Å²) in [4.78, 5) is 14.9. The van der Waals surface area contributed by atoms with Gasteiger partial charge in [0.25, 0.3) is 5.91 Å². The molecule has 1 unspecified atom stereocenters. The molecule has 1 aliphatic rings. The van der Waals surface area contributed by atoms with Gasteiger partial charge >= 0.3 is 0 Å². The summed E-state index contributed by atoms with van der Waals surface area (Å²) in [6.45, 7) is 6.98. The number of nitrogens with zero attached hydrogens (tertiary/aromatic N) is 1. The number of halogens is 1. The van der Waals surface area contributed by atoms with E-state index in [9.17, 15) is 4.79 Å². The van der Waals surface area contributed by atoms with E-state index < -0.39 is 0 Å². The molecule has 2 aromatic carbocycles. The average molecular weight is 329 g/mol. The van der Waals surface area contributed by atoms with Crippen LogP contribution >= 0.6 is 11.6 Å². The van der Waals surface area contributed by atoms with Crippen molar-refractivity contribution in [3.8, 4) is 0 Å². The van der Waals surface area contributed by atoms with Crippen LogP contribution in [-0.4, -0.2) is 18.5 Å². The third-order valence-electron chi connectivity index (χ3n) is 4.49. The van der Waals surface area contributed by atoms with E-state index in [1.165, 1.54) is 11.1 Å². The average Bonchev–Trinajstić information content (AvgIpc) is 2.55. The zero-order valence-electron chi connectivity index (χ0n) is 13.7. The number of aryl methyl sites for hydroxylation is 2. The van der Waals surface area contributed by atoms with Gasteiger partial charge in [-0.05, 0) is 67.8 Å². The topological polar surface area (TPSA) is 32.3 Å². The van der Waals surface area contributed by atoms with Gasteiger partial charge in [0.1, 0.15) is 0 Å². The fourth-order valence-electron chi connectivity index (χ4n) is 2.90. The lowest BCUT2D eigenvalue weighted by molar-refractivity contribution is 0.0985. The van der Waals surface area contributed by atoms with E-state index in [1.807, 2.05) is 4.90 Å². The molecule has 0 aliphatic carbocycles. The number of rotatable bonds is 2. The van der Waals surface area contributed by atoms with E-state index in [-0.39, 0.29) is 11.9 Å². The molecule has 3 rings (SSSR count). The lowest BCUT2D eigenvalue weighted by Crippen LogP contribution is -2.44. The molecule has 1 atom stereocenters. The van der Waals surface area contributed by atoms with Gasteiger partial charge in [-0.25, -0.2) is 0 Å². The van der Waals surface area contributed by atoms with Crippen molar-refractivity contribution in [1.29, 1.82) is 0 Å². The zero-order valence-corrected chi connectivity index (χ0v) is 14.4. The van der Waals surface area contributed by atoms with Gasteiger partial charge in [0.2, 0.25) is 0 Å². The molecule has 120 valence electrons. The van der Waals surface area contributed by atoms with Crippen molar-refractivity contribution >= 4 is 28.9 Å². The summed E-state index contributed by atoms with van der Waals surface area (Å²) in [6, 6.07) is 11.6.